The van der Waals surface area contributed by atoms with Crippen LogP contribution in [0.25, 0.3) is 0 Å². The standard InChI is InChI=1S/C21H18F4N4O7/c22-10-7-11(23)18(25)19(17(10)24)36-9-13(30)12(4-5-16(32)33)28-15(31)8-27-20(34)21(35)29-14-3-1-2-6-26-14/h1-3,6-7,12H,4-5,8-9H2,(H,27,34)(H,28,31)(H,32,33)(H,26,29,35). The van der Waals surface area contributed by atoms with Crippen LogP contribution < -0.4 is 20.7 Å². The number of carbonyl (C=O) groups excluding carboxylic acids is 4. The number of halogens is 4. The lowest BCUT2D eigenvalue weighted by atomic mass is 10.1. The zero-order valence-corrected chi connectivity index (χ0v) is 18.1. The van der Waals surface area contributed by atoms with Crippen LogP contribution in [0.1, 0.15) is 12.8 Å². The van der Waals surface area contributed by atoms with Gasteiger partial charge in [0.05, 0.1) is 12.6 Å². The van der Waals surface area contributed by atoms with Crippen LogP contribution in [-0.2, 0) is 24.0 Å². The van der Waals surface area contributed by atoms with Crippen molar-refractivity contribution in [1.82, 2.24) is 15.6 Å². The molecule has 2 aromatic rings. The third-order valence-electron chi connectivity index (χ3n) is 4.32. The number of hydrogen-bond acceptors (Lipinski definition) is 7. The smallest absolute Gasteiger partial charge is 0.314 e. The number of nitrogens with one attached hydrogen (secondary N) is 3. The predicted octanol–water partition coefficient (Wildman–Crippen LogP) is 0.690. The van der Waals surface area contributed by atoms with E-state index < -0.39 is 90.5 Å². The predicted molar refractivity (Wildman–Crippen MR) is 111 cm³/mol. The Balaban J connectivity index is 1.96. The van der Waals surface area contributed by atoms with Gasteiger partial charge in [-0.1, -0.05) is 6.07 Å². The number of hydrogen-bond donors (Lipinski definition) is 4. The normalized spacial score (nSPS) is 11.2. The number of amides is 3. The first kappa shape index (κ1) is 27.7. The molecule has 1 aromatic carbocycles. The number of anilines is 1. The minimum absolute atomic E-state index is 0.0625. The van der Waals surface area contributed by atoms with Crippen molar-refractivity contribution >= 4 is 35.3 Å². The van der Waals surface area contributed by atoms with Crippen molar-refractivity contribution in [3.63, 3.8) is 0 Å². The third kappa shape index (κ3) is 8.03. The fourth-order valence-electron chi connectivity index (χ4n) is 2.60. The molecular weight excluding hydrogens is 496 g/mol. The van der Waals surface area contributed by atoms with E-state index in [2.05, 4.69) is 20.4 Å². The number of aromatic nitrogens is 1. The first-order valence-corrected chi connectivity index (χ1v) is 9.99. The van der Waals surface area contributed by atoms with E-state index in [9.17, 15) is 41.5 Å². The fraction of sp³-hybridized carbons (Fsp3) is 0.238. The highest BCUT2D eigenvalue weighted by Gasteiger charge is 2.26. The van der Waals surface area contributed by atoms with E-state index in [1.54, 1.807) is 12.1 Å². The van der Waals surface area contributed by atoms with Gasteiger partial charge in [-0.15, -0.1) is 0 Å². The molecule has 0 bridgehead atoms. The number of ether oxygens (including phenoxy) is 1. The molecule has 1 aromatic heterocycles. The maximum Gasteiger partial charge on any atom is 0.314 e. The van der Waals surface area contributed by atoms with Crippen molar-refractivity contribution in [1.29, 1.82) is 0 Å². The van der Waals surface area contributed by atoms with E-state index >= 15 is 0 Å². The number of pyridine rings is 1. The number of ketones is 1. The summed E-state index contributed by atoms with van der Waals surface area (Å²) < 4.78 is 58.5. The SMILES string of the molecule is O=C(O)CCC(NC(=O)CNC(=O)C(=O)Nc1ccccn1)C(=O)COc1c(F)c(F)cc(F)c1F. The second-order valence-electron chi connectivity index (χ2n) is 6.96. The van der Waals surface area contributed by atoms with Gasteiger partial charge < -0.3 is 25.8 Å². The summed E-state index contributed by atoms with van der Waals surface area (Å²) >= 11 is 0. The monoisotopic (exact) mass is 514 g/mol. The molecule has 192 valence electrons. The van der Waals surface area contributed by atoms with Crippen LogP contribution in [0.4, 0.5) is 23.4 Å². The molecule has 36 heavy (non-hydrogen) atoms. The molecule has 11 nitrogen and oxygen atoms in total. The summed E-state index contributed by atoms with van der Waals surface area (Å²) in [7, 11) is 0. The summed E-state index contributed by atoms with van der Waals surface area (Å²) in [5.41, 5.74) is 0. The Morgan fingerprint density at radius 2 is 1.67 bits per heavy atom. The number of carboxylic acid groups (broad SMARTS) is 1. The molecule has 0 aliphatic carbocycles. The lowest BCUT2D eigenvalue weighted by molar-refractivity contribution is -0.138. The van der Waals surface area contributed by atoms with Crippen molar-refractivity contribution in [3.05, 3.63) is 53.7 Å². The molecule has 1 unspecified atom stereocenters. The van der Waals surface area contributed by atoms with Crippen LogP contribution in [0, 0.1) is 23.3 Å². The summed E-state index contributed by atoms with van der Waals surface area (Å²) in [5, 5.41) is 15.0. The summed E-state index contributed by atoms with van der Waals surface area (Å²) in [4.78, 5) is 62.8. The van der Waals surface area contributed by atoms with E-state index in [-0.39, 0.29) is 11.9 Å². The van der Waals surface area contributed by atoms with E-state index in [1.807, 2.05) is 5.32 Å². The first-order chi connectivity index (χ1) is 17.0. The van der Waals surface area contributed by atoms with E-state index in [0.717, 1.165) is 0 Å². The molecule has 0 aliphatic rings. The van der Waals surface area contributed by atoms with Gasteiger partial charge in [0.2, 0.25) is 17.5 Å². The molecule has 0 saturated heterocycles. The number of nitrogens with zero attached hydrogens (tertiary/aromatic N) is 1. The van der Waals surface area contributed by atoms with Crippen LogP contribution in [0.2, 0.25) is 0 Å². The molecule has 0 saturated carbocycles. The van der Waals surface area contributed by atoms with Gasteiger partial charge >= 0.3 is 17.8 Å². The summed E-state index contributed by atoms with van der Waals surface area (Å²) in [6, 6.07) is 2.85. The Labute approximate surface area is 199 Å². The Bertz CT molecular complexity index is 1140. The molecule has 2 rings (SSSR count). The average molecular weight is 514 g/mol. The molecule has 0 aliphatic heterocycles. The van der Waals surface area contributed by atoms with Gasteiger partial charge in [0.25, 0.3) is 0 Å². The number of carboxylic acids is 1. The molecular formula is C21H18F4N4O7. The second kappa shape index (κ2) is 12.8. The maximum atomic E-state index is 13.7. The summed E-state index contributed by atoms with van der Waals surface area (Å²) in [5.74, 6) is -14.7. The molecule has 1 atom stereocenters. The molecule has 0 spiro atoms. The Morgan fingerprint density at radius 1 is 1.00 bits per heavy atom. The highest BCUT2D eigenvalue weighted by atomic mass is 19.2. The van der Waals surface area contributed by atoms with Crippen LogP contribution >= 0.6 is 0 Å². The molecule has 1 heterocycles. The van der Waals surface area contributed by atoms with Crippen molar-refractivity contribution < 1.29 is 51.4 Å². The topological polar surface area (TPSA) is 164 Å². The van der Waals surface area contributed by atoms with E-state index in [0.29, 0.717) is 0 Å². The van der Waals surface area contributed by atoms with Crippen molar-refractivity contribution in [2.24, 2.45) is 0 Å². The highest BCUT2D eigenvalue weighted by Crippen LogP contribution is 2.26. The van der Waals surface area contributed by atoms with Crippen LogP contribution in [-0.4, -0.2) is 58.8 Å². The number of Topliss-reactive ketones (excluding diaryl/α,β-unsaturated/α-hetero) is 1. The second-order valence-corrected chi connectivity index (χ2v) is 6.96. The number of rotatable bonds is 11. The number of benzene rings is 1. The van der Waals surface area contributed by atoms with Gasteiger partial charge in [0, 0.05) is 18.7 Å². The molecule has 4 N–H and O–H groups in total. The van der Waals surface area contributed by atoms with E-state index in [4.69, 9.17) is 5.11 Å². The zero-order chi connectivity index (χ0) is 26.8. The van der Waals surface area contributed by atoms with Crippen molar-refractivity contribution in [2.45, 2.75) is 18.9 Å². The Hall–Kier alpha value is -4.56. The van der Waals surface area contributed by atoms with Gasteiger partial charge in [-0.25, -0.2) is 13.8 Å². The fourth-order valence-corrected chi connectivity index (χ4v) is 2.60. The summed E-state index contributed by atoms with van der Waals surface area (Å²) in [6.07, 6.45) is 0.221. The number of carbonyl (C=O) groups is 5. The van der Waals surface area contributed by atoms with Gasteiger partial charge in [-0.2, -0.15) is 8.78 Å². The molecule has 0 fully saturated rings. The van der Waals surface area contributed by atoms with E-state index in [1.165, 1.54) is 12.3 Å². The highest BCUT2D eigenvalue weighted by molar-refractivity contribution is 6.39. The maximum absolute atomic E-state index is 13.7. The first-order valence-electron chi connectivity index (χ1n) is 9.99. The van der Waals surface area contributed by atoms with Gasteiger partial charge in [0.1, 0.15) is 12.4 Å². The minimum Gasteiger partial charge on any atom is -0.481 e. The molecule has 15 heteroatoms. The molecule has 3 amide bonds. The van der Waals surface area contributed by atoms with Gasteiger partial charge in [-0.05, 0) is 18.6 Å². The lowest BCUT2D eigenvalue weighted by Crippen LogP contribution is -2.48. The van der Waals surface area contributed by atoms with Gasteiger partial charge in [-0.3, -0.25) is 24.0 Å². The Morgan fingerprint density at radius 3 is 2.25 bits per heavy atom. The summed E-state index contributed by atoms with van der Waals surface area (Å²) in [6.45, 7) is -2.01. The largest absolute Gasteiger partial charge is 0.481 e. The minimum atomic E-state index is -1.90. The Kier molecular flexibility index (Phi) is 9.83. The van der Waals surface area contributed by atoms with Crippen LogP contribution in [0.5, 0.6) is 5.75 Å². The number of aliphatic carboxylic acids is 1. The van der Waals surface area contributed by atoms with Crippen molar-refractivity contribution in [2.75, 3.05) is 18.5 Å². The van der Waals surface area contributed by atoms with Crippen LogP contribution in [0.3, 0.4) is 0 Å². The molecule has 0 radical (unpaired) electrons. The quantitative estimate of drug-likeness (QED) is 0.193. The lowest BCUT2D eigenvalue weighted by Gasteiger charge is -2.18. The van der Waals surface area contributed by atoms with Crippen molar-refractivity contribution in [3.8, 4) is 5.75 Å². The van der Waals surface area contributed by atoms with Gasteiger partial charge in [0.15, 0.2) is 23.2 Å². The third-order valence-corrected chi connectivity index (χ3v) is 4.32. The zero-order valence-electron chi connectivity index (χ0n) is 18.1. The average Bonchev–Trinajstić information content (AvgIpc) is 2.84. The van der Waals surface area contributed by atoms with Crippen LogP contribution in [0.15, 0.2) is 30.5 Å².